The topological polar surface area (TPSA) is 12.5 Å². The first-order valence-corrected chi connectivity index (χ1v) is 7.10. The summed E-state index contributed by atoms with van der Waals surface area (Å²) >= 11 is 3.60. The van der Waals surface area contributed by atoms with E-state index in [-0.39, 0.29) is 0 Å². The lowest BCUT2D eigenvalue weighted by Gasteiger charge is -2.30. The Balaban J connectivity index is 4.04. The zero-order valence-electron chi connectivity index (χ0n) is 10.6. The van der Waals surface area contributed by atoms with Crippen molar-refractivity contribution in [2.24, 2.45) is 5.92 Å². The second-order valence-corrected chi connectivity index (χ2v) is 4.85. The van der Waals surface area contributed by atoms with Crippen LogP contribution in [0.25, 0.3) is 0 Å². The Morgan fingerprint density at radius 1 is 1.33 bits per heavy atom. The summed E-state index contributed by atoms with van der Waals surface area (Å²) < 4.78 is 5.21. The summed E-state index contributed by atoms with van der Waals surface area (Å²) in [7, 11) is 1.78. The van der Waals surface area contributed by atoms with Crippen LogP contribution in [-0.4, -0.2) is 43.1 Å². The Bertz CT molecular complexity index is 144. The molecule has 0 fully saturated rings. The summed E-state index contributed by atoms with van der Waals surface area (Å²) in [5, 5.41) is 1.11. The predicted molar refractivity (Wildman–Crippen MR) is 70.8 cm³/mol. The molecule has 0 N–H and O–H groups in total. The van der Waals surface area contributed by atoms with Crippen LogP contribution >= 0.6 is 15.9 Å². The number of hydrogen-bond acceptors (Lipinski definition) is 2. The molecule has 0 saturated heterocycles. The Labute approximate surface area is 103 Å². The molecule has 0 saturated carbocycles. The van der Waals surface area contributed by atoms with Gasteiger partial charge in [-0.15, -0.1) is 0 Å². The second kappa shape index (κ2) is 9.61. The zero-order valence-corrected chi connectivity index (χ0v) is 12.2. The normalized spacial score (nSPS) is 15.6. The van der Waals surface area contributed by atoms with Crippen molar-refractivity contribution in [3.05, 3.63) is 0 Å². The fraction of sp³-hybridized carbons (Fsp3) is 1.00. The maximum absolute atomic E-state index is 5.21. The van der Waals surface area contributed by atoms with Crippen LogP contribution in [0.3, 0.4) is 0 Å². The van der Waals surface area contributed by atoms with Gasteiger partial charge in [0.15, 0.2) is 0 Å². The van der Waals surface area contributed by atoms with Gasteiger partial charge < -0.3 is 4.74 Å². The monoisotopic (exact) mass is 279 g/mol. The number of alkyl halides is 1. The third-order valence-electron chi connectivity index (χ3n) is 2.85. The molecule has 0 aromatic carbocycles. The average molecular weight is 280 g/mol. The molecule has 0 aromatic rings. The molecular formula is C12H26BrNO. The van der Waals surface area contributed by atoms with Crippen LogP contribution in [0, 0.1) is 5.92 Å². The fourth-order valence-electron chi connectivity index (χ4n) is 1.92. The lowest BCUT2D eigenvalue weighted by molar-refractivity contribution is 0.0929. The molecule has 3 heteroatoms. The van der Waals surface area contributed by atoms with Crippen molar-refractivity contribution in [1.29, 1.82) is 0 Å². The van der Waals surface area contributed by atoms with E-state index >= 15 is 0 Å². The molecule has 0 aliphatic rings. The van der Waals surface area contributed by atoms with Gasteiger partial charge in [-0.2, -0.15) is 0 Å². The van der Waals surface area contributed by atoms with Crippen LogP contribution in [0.4, 0.5) is 0 Å². The molecule has 0 radical (unpaired) electrons. The van der Waals surface area contributed by atoms with E-state index < -0.39 is 0 Å². The lowest BCUT2D eigenvalue weighted by Crippen LogP contribution is -2.39. The van der Waals surface area contributed by atoms with Gasteiger partial charge in [0, 0.05) is 25.0 Å². The summed E-state index contributed by atoms with van der Waals surface area (Å²) in [6.45, 7) is 9.84. The molecule has 2 unspecified atom stereocenters. The van der Waals surface area contributed by atoms with Gasteiger partial charge in [-0.1, -0.05) is 36.2 Å². The summed E-state index contributed by atoms with van der Waals surface area (Å²) in [5.74, 6) is 0.772. The first-order chi connectivity index (χ1) is 7.19. The van der Waals surface area contributed by atoms with Gasteiger partial charge in [0.1, 0.15) is 0 Å². The third kappa shape index (κ3) is 6.54. The van der Waals surface area contributed by atoms with Crippen LogP contribution in [0.5, 0.6) is 0 Å². The van der Waals surface area contributed by atoms with Crippen LogP contribution in [-0.2, 0) is 4.74 Å². The minimum Gasteiger partial charge on any atom is -0.383 e. The molecule has 0 aromatic heterocycles. The van der Waals surface area contributed by atoms with Crippen LogP contribution in [0.2, 0.25) is 0 Å². The van der Waals surface area contributed by atoms with E-state index in [1.165, 1.54) is 19.4 Å². The molecule has 0 aliphatic carbocycles. The van der Waals surface area contributed by atoms with Crippen molar-refractivity contribution < 1.29 is 4.74 Å². The molecule has 0 rings (SSSR count). The minimum atomic E-state index is 0.526. The third-order valence-corrected chi connectivity index (χ3v) is 3.76. The van der Waals surface area contributed by atoms with E-state index in [9.17, 15) is 0 Å². The summed E-state index contributed by atoms with van der Waals surface area (Å²) in [6.07, 6.45) is 2.58. The number of hydrogen-bond donors (Lipinski definition) is 0. The molecule has 15 heavy (non-hydrogen) atoms. The van der Waals surface area contributed by atoms with Gasteiger partial charge >= 0.3 is 0 Å². The number of rotatable bonds is 9. The maximum atomic E-state index is 5.21. The van der Waals surface area contributed by atoms with E-state index in [2.05, 4.69) is 41.6 Å². The Morgan fingerprint density at radius 2 is 2.00 bits per heavy atom. The Hall–Kier alpha value is 0.400. The van der Waals surface area contributed by atoms with E-state index in [1.807, 2.05) is 0 Å². The summed E-state index contributed by atoms with van der Waals surface area (Å²) in [4.78, 5) is 2.51. The number of likely N-dealkylation sites (N-methyl/N-ethyl adjacent to an activating group) is 1. The minimum absolute atomic E-state index is 0.526. The molecule has 0 spiro atoms. The van der Waals surface area contributed by atoms with Crippen molar-refractivity contribution in [3.63, 3.8) is 0 Å². The zero-order chi connectivity index (χ0) is 11.7. The molecule has 0 heterocycles. The molecule has 2 nitrogen and oxygen atoms in total. The SMILES string of the molecule is CCCC(CBr)CN(CC)C(C)COC. The van der Waals surface area contributed by atoms with E-state index in [4.69, 9.17) is 4.74 Å². The van der Waals surface area contributed by atoms with E-state index in [0.717, 1.165) is 24.4 Å². The van der Waals surface area contributed by atoms with E-state index in [0.29, 0.717) is 6.04 Å². The highest BCUT2D eigenvalue weighted by molar-refractivity contribution is 9.09. The van der Waals surface area contributed by atoms with Gasteiger partial charge in [0.05, 0.1) is 6.61 Å². The highest BCUT2D eigenvalue weighted by Crippen LogP contribution is 2.13. The lowest BCUT2D eigenvalue weighted by atomic mass is 10.0. The van der Waals surface area contributed by atoms with Crippen molar-refractivity contribution in [2.75, 3.05) is 32.1 Å². The van der Waals surface area contributed by atoms with Crippen LogP contribution in [0.1, 0.15) is 33.6 Å². The largest absolute Gasteiger partial charge is 0.383 e. The van der Waals surface area contributed by atoms with Gasteiger partial charge in [0.2, 0.25) is 0 Å². The van der Waals surface area contributed by atoms with Crippen molar-refractivity contribution in [3.8, 4) is 0 Å². The fourth-order valence-corrected chi connectivity index (χ4v) is 2.45. The molecule has 0 aliphatic heterocycles. The van der Waals surface area contributed by atoms with Crippen LogP contribution < -0.4 is 0 Å². The highest BCUT2D eigenvalue weighted by atomic mass is 79.9. The predicted octanol–water partition coefficient (Wildman–Crippen LogP) is 3.15. The van der Waals surface area contributed by atoms with Gasteiger partial charge in [-0.3, -0.25) is 4.90 Å². The van der Waals surface area contributed by atoms with E-state index in [1.54, 1.807) is 7.11 Å². The average Bonchev–Trinajstić information content (AvgIpc) is 2.24. The Kier molecular flexibility index (Phi) is 9.87. The first-order valence-electron chi connectivity index (χ1n) is 5.98. The number of halogens is 1. The summed E-state index contributed by atoms with van der Waals surface area (Å²) in [5.41, 5.74) is 0. The standard InChI is InChI=1S/C12H26BrNO/c1-5-7-12(8-13)9-14(6-2)11(3)10-15-4/h11-12H,5-10H2,1-4H3. The number of nitrogens with zero attached hydrogens (tertiary/aromatic N) is 1. The Morgan fingerprint density at radius 3 is 2.40 bits per heavy atom. The van der Waals surface area contributed by atoms with Crippen molar-refractivity contribution in [1.82, 2.24) is 4.90 Å². The van der Waals surface area contributed by atoms with Gasteiger partial charge in [0.25, 0.3) is 0 Å². The quantitative estimate of drug-likeness (QED) is 0.602. The van der Waals surface area contributed by atoms with Gasteiger partial charge in [-0.25, -0.2) is 0 Å². The second-order valence-electron chi connectivity index (χ2n) is 4.20. The molecular weight excluding hydrogens is 254 g/mol. The number of ether oxygens (including phenoxy) is 1. The molecule has 92 valence electrons. The maximum Gasteiger partial charge on any atom is 0.0615 e. The molecule has 0 bridgehead atoms. The smallest absolute Gasteiger partial charge is 0.0615 e. The van der Waals surface area contributed by atoms with Crippen LogP contribution in [0.15, 0.2) is 0 Å². The summed E-state index contributed by atoms with van der Waals surface area (Å²) in [6, 6.07) is 0.526. The first kappa shape index (κ1) is 15.4. The molecule has 2 atom stereocenters. The highest BCUT2D eigenvalue weighted by Gasteiger charge is 2.16. The van der Waals surface area contributed by atoms with Gasteiger partial charge in [-0.05, 0) is 25.8 Å². The van der Waals surface area contributed by atoms with Crippen molar-refractivity contribution >= 4 is 15.9 Å². The molecule has 0 amide bonds. The van der Waals surface area contributed by atoms with Crippen molar-refractivity contribution in [2.45, 2.75) is 39.7 Å². The number of methoxy groups -OCH3 is 1.